The molecule has 54 valence electrons. The molecule has 1 saturated heterocycles. The summed E-state index contributed by atoms with van der Waals surface area (Å²) in [4.78, 5) is 10.1. The summed E-state index contributed by atoms with van der Waals surface area (Å²) in [6.45, 7) is -0.0603. The zero-order valence-electron chi connectivity index (χ0n) is 5.29. The molecule has 0 N–H and O–H groups in total. The van der Waals surface area contributed by atoms with Crippen molar-refractivity contribution in [1.29, 1.82) is 5.26 Å². The van der Waals surface area contributed by atoms with Crippen LogP contribution in [0.25, 0.3) is 0 Å². The molecule has 1 aliphatic heterocycles. The molecule has 5 heteroatoms. The number of carbonyl (C=O) groups is 1. The lowest BCUT2D eigenvalue weighted by Gasteiger charge is -2.32. The number of hydrogen-bond donors (Lipinski definition) is 0. The molecule has 0 atom stereocenters. The summed E-state index contributed by atoms with van der Waals surface area (Å²) in [6, 6.07) is 1.66. The second-order valence-electron chi connectivity index (χ2n) is 1.75. The van der Waals surface area contributed by atoms with Crippen LogP contribution in [0.3, 0.4) is 0 Å². The Labute approximate surface area is 57.1 Å². The summed E-state index contributed by atoms with van der Waals surface area (Å²) >= 11 is 0. The number of cyclic esters (lactones) is 2. The Kier molecular flexibility index (Phi) is 1.47. The minimum Gasteiger partial charge on any atom is -0.375 e. The van der Waals surface area contributed by atoms with E-state index in [9.17, 15) is 4.79 Å². The zero-order chi connectivity index (χ0) is 7.61. The Morgan fingerprint density at radius 1 is 1.80 bits per heavy atom. The van der Waals surface area contributed by atoms with Crippen molar-refractivity contribution in [3.05, 3.63) is 0 Å². The van der Waals surface area contributed by atoms with Crippen molar-refractivity contribution in [2.45, 2.75) is 5.79 Å². The summed E-state index contributed by atoms with van der Waals surface area (Å²) in [7, 11) is 1.38. The monoisotopic (exact) mass is 143 g/mol. The quantitative estimate of drug-likeness (QED) is 0.509. The molecule has 0 bridgehead atoms. The van der Waals surface area contributed by atoms with Gasteiger partial charge in [-0.1, -0.05) is 0 Å². The van der Waals surface area contributed by atoms with Crippen LogP contribution in [-0.2, 0) is 14.2 Å². The van der Waals surface area contributed by atoms with Gasteiger partial charge in [-0.2, -0.15) is 5.26 Å². The highest BCUT2D eigenvalue weighted by atomic mass is 16.9. The number of hydrogen-bond acceptors (Lipinski definition) is 5. The van der Waals surface area contributed by atoms with Crippen molar-refractivity contribution in [2.75, 3.05) is 13.7 Å². The molecule has 0 aromatic heterocycles. The van der Waals surface area contributed by atoms with Gasteiger partial charge in [-0.3, -0.25) is 0 Å². The molecule has 0 amide bonds. The lowest BCUT2D eigenvalue weighted by Crippen LogP contribution is -2.52. The van der Waals surface area contributed by atoms with Crippen LogP contribution in [-0.4, -0.2) is 25.7 Å². The van der Waals surface area contributed by atoms with Crippen molar-refractivity contribution in [3.8, 4) is 6.07 Å². The van der Waals surface area contributed by atoms with Crippen molar-refractivity contribution < 1.29 is 19.0 Å². The predicted molar refractivity (Wildman–Crippen MR) is 27.8 cm³/mol. The van der Waals surface area contributed by atoms with Gasteiger partial charge in [-0.05, 0) is 0 Å². The van der Waals surface area contributed by atoms with Crippen LogP contribution in [0.5, 0.6) is 0 Å². The Morgan fingerprint density at radius 3 is 2.70 bits per heavy atom. The van der Waals surface area contributed by atoms with E-state index in [1.54, 1.807) is 6.07 Å². The fraction of sp³-hybridized carbons (Fsp3) is 0.600. The highest BCUT2D eigenvalue weighted by Crippen LogP contribution is 2.23. The Morgan fingerprint density at radius 2 is 2.40 bits per heavy atom. The molecule has 0 aliphatic carbocycles. The SMILES string of the molecule is COCC1(C#N)OC(=O)O1. The van der Waals surface area contributed by atoms with E-state index in [4.69, 9.17) is 5.26 Å². The van der Waals surface area contributed by atoms with E-state index in [0.29, 0.717) is 0 Å². The number of nitrogens with zero attached hydrogens (tertiary/aromatic N) is 1. The van der Waals surface area contributed by atoms with Crippen LogP contribution < -0.4 is 0 Å². The molecule has 5 nitrogen and oxygen atoms in total. The lowest BCUT2D eigenvalue weighted by atomic mass is 10.3. The fourth-order valence-electron chi connectivity index (χ4n) is 0.604. The lowest BCUT2D eigenvalue weighted by molar-refractivity contribution is -0.253. The first kappa shape index (κ1) is 6.83. The average molecular weight is 143 g/mol. The maximum absolute atomic E-state index is 10.1. The summed E-state index contributed by atoms with van der Waals surface area (Å²) in [6.07, 6.45) is -0.835. The molecular weight excluding hydrogens is 138 g/mol. The predicted octanol–water partition coefficient (Wildman–Crippen LogP) is 0.0195. The average Bonchev–Trinajstić information content (AvgIpc) is 1.84. The van der Waals surface area contributed by atoms with E-state index in [-0.39, 0.29) is 6.61 Å². The third kappa shape index (κ3) is 0.890. The van der Waals surface area contributed by atoms with Gasteiger partial charge in [0.1, 0.15) is 6.61 Å². The molecule has 10 heavy (non-hydrogen) atoms. The molecule has 1 fully saturated rings. The van der Waals surface area contributed by atoms with Crippen LogP contribution in [0, 0.1) is 11.3 Å². The summed E-state index contributed by atoms with van der Waals surface area (Å²) in [5, 5.41) is 8.35. The van der Waals surface area contributed by atoms with Crippen LogP contribution in [0.2, 0.25) is 0 Å². The van der Waals surface area contributed by atoms with Gasteiger partial charge in [-0.15, -0.1) is 0 Å². The van der Waals surface area contributed by atoms with Gasteiger partial charge in [-0.25, -0.2) is 4.79 Å². The molecule has 0 radical (unpaired) electrons. The Hall–Kier alpha value is -1.28. The summed E-state index contributed by atoms with van der Waals surface area (Å²) in [5.74, 6) is -1.48. The number of carbonyl (C=O) groups excluding carboxylic acids is 1. The van der Waals surface area contributed by atoms with Gasteiger partial charge in [0, 0.05) is 7.11 Å². The first-order chi connectivity index (χ1) is 4.72. The Balaban J connectivity index is 2.50. The van der Waals surface area contributed by atoms with Gasteiger partial charge < -0.3 is 14.2 Å². The van der Waals surface area contributed by atoms with Crippen LogP contribution in [0.1, 0.15) is 0 Å². The number of ether oxygens (including phenoxy) is 3. The largest absolute Gasteiger partial charge is 0.516 e. The first-order valence-corrected chi connectivity index (χ1v) is 2.54. The van der Waals surface area contributed by atoms with Gasteiger partial charge in [0.2, 0.25) is 0 Å². The molecule has 1 aliphatic rings. The molecule has 0 saturated carbocycles. The van der Waals surface area contributed by atoms with Crippen molar-refractivity contribution in [1.82, 2.24) is 0 Å². The fourth-order valence-corrected chi connectivity index (χ4v) is 0.604. The standard InChI is InChI=1S/C5H5NO4/c1-8-3-5(2-6)9-4(7)10-5/h3H2,1H3. The van der Waals surface area contributed by atoms with E-state index in [1.165, 1.54) is 7.11 Å². The molecule has 1 heterocycles. The number of rotatable bonds is 2. The number of nitriles is 1. The van der Waals surface area contributed by atoms with Crippen molar-refractivity contribution in [2.24, 2.45) is 0 Å². The molecule has 0 unspecified atom stereocenters. The van der Waals surface area contributed by atoms with Gasteiger partial charge >= 0.3 is 11.9 Å². The van der Waals surface area contributed by atoms with Crippen LogP contribution in [0.15, 0.2) is 0 Å². The maximum atomic E-state index is 10.1. The topological polar surface area (TPSA) is 68.5 Å². The van der Waals surface area contributed by atoms with Crippen molar-refractivity contribution in [3.63, 3.8) is 0 Å². The normalized spacial score (nSPS) is 19.8. The second kappa shape index (κ2) is 2.15. The zero-order valence-corrected chi connectivity index (χ0v) is 5.29. The minimum absolute atomic E-state index is 0.0603. The number of methoxy groups -OCH3 is 1. The van der Waals surface area contributed by atoms with E-state index in [1.807, 2.05) is 0 Å². The van der Waals surface area contributed by atoms with Crippen LogP contribution >= 0.6 is 0 Å². The van der Waals surface area contributed by atoms with Crippen LogP contribution in [0.4, 0.5) is 4.79 Å². The van der Waals surface area contributed by atoms with E-state index in [0.717, 1.165) is 0 Å². The van der Waals surface area contributed by atoms with Gasteiger partial charge in [0.15, 0.2) is 6.07 Å². The highest BCUT2D eigenvalue weighted by molar-refractivity contribution is 5.67. The third-order valence-corrected chi connectivity index (χ3v) is 1.00. The van der Waals surface area contributed by atoms with Gasteiger partial charge in [0.05, 0.1) is 0 Å². The minimum atomic E-state index is -1.48. The molecule has 0 aromatic rings. The van der Waals surface area contributed by atoms with Gasteiger partial charge in [0.25, 0.3) is 0 Å². The van der Waals surface area contributed by atoms with E-state index < -0.39 is 11.9 Å². The second-order valence-corrected chi connectivity index (χ2v) is 1.75. The Bertz CT molecular complexity index is 186. The maximum Gasteiger partial charge on any atom is 0.516 e. The highest BCUT2D eigenvalue weighted by Gasteiger charge is 2.49. The summed E-state index contributed by atoms with van der Waals surface area (Å²) < 4.78 is 13.3. The molecule has 1 rings (SSSR count). The molecule has 0 spiro atoms. The third-order valence-electron chi connectivity index (χ3n) is 1.00. The summed E-state index contributed by atoms with van der Waals surface area (Å²) in [5.41, 5.74) is 0. The first-order valence-electron chi connectivity index (χ1n) is 2.54. The molecule has 0 aromatic carbocycles. The van der Waals surface area contributed by atoms with E-state index >= 15 is 0 Å². The van der Waals surface area contributed by atoms with Crippen molar-refractivity contribution >= 4 is 6.16 Å². The smallest absolute Gasteiger partial charge is 0.375 e. The van der Waals surface area contributed by atoms with E-state index in [2.05, 4.69) is 14.2 Å². The molecular formula is C5H5NO4.